The van der Waals surface area contributed by atoms with Crippen molar-refractivity contribution in [3.05, 3.63) is 35.4 Å². The van der Waals surface area contributed by atoms with E-state index in [4.69, 9.17) is 0 Å². The maximum Gasteiger partial charge on any atom is 0.251 e. The second-order valence-electron chi connectivity index (χ2n) is 6.49. The summed E-state index contributed by atoms with van der Waals surface area (Å²) in [5.74, 6) is 0.0922. The minimum absolute atomic E-state index is 0.0922. The molecule has 0 bridgehead atoms. The van der Waals surface area contributed by atoms with Crippen molar-refractivity contribution in [3.63, 3.8) is 0 Å². The third kappa shape index (κ3) is 4.07. The second-order valence-corrected chi connectivity index (χ2v) is 6.49. The van der Waals surface area contributed by atoms with Crippen molar-refractivity contribution in [3.8, 4) is 0 Å². The number of carbonyl (C=O) groups is 1. The number of hydrogen-bond donors (Lipinski definition) is 1. The molecule has 114 valence electrons. The minimum Gasteiger partial charge on any atom is -0.349 e. The van der Waals surface area contributed by atoms with E-state index in [2.05, 4.69) is 22.3 Å². The van der Waals surface area contributed by atoms with Crippen LogP contribution in [0.5, 0.6) is 0 Å². The van der Waals surface area contributed by atoms with Crippen molar-refractivity contribution >= 4 is 5.91 Å². The van der Waals surface area contributed by atoms with E-state index in [1.54, 1.807) is 0 Å². The van der Waals surface area contributed by atoms with Gasteiger partial charge in [-0.2, -0.15) is 0 Å². The summed E-state index contributed by atoms with van der Waals surface area (Å²) in [5, 5.41) is 3.18. The van der Waals surface area contributed by atoms with Crippen molar-refractivity contribution in [2.24, 2.45) is 0 Å². The summed E-state index contributed by atoms with van der Waals surface area (Å²) in [7, 11) is 0. The van der Waals surface area contributed by atoms with Crippen LogP contribution >= 0.6 is 0 Å². The summed E-state index contributed by atoms with van der Waals surface area (Å²) in [6.45, 7) is 3.44. The van der Waals surface area contributed by atoms with Gasteiger partial charge in [0, 0.05) is 18.2 Å². The van der Waals surface area contributed by atoms with Crippen LogP contribution in [0.2, 0.25) is 0 Å². The van der Waals surface area contributed by atoms with Gasteiger partial charge in [0.2, 0.25) is 0 Å². The van der Waals surface area contributed by atoms with Crippen LogP contribution in [0.1, 0.15) is 60.9 Å². The van der Waals surface area contributed by atoms with E-state index in [0.717, 1.165) is 24.9 Å². The molecule has 1 aromatic rings. The zero-order valence-electron chi connectivity index (χ0n) is 12.8. The highest BCUT2D eigenvalue weighted by atomic mass is 16.1. The number of amides is 1. The Balaban J connectivity index is 1.53. The van der Waals surface area contributed by atoms with Crippen LogP contribution in [-0.2, 0) is 6.54 Å². The van der Waals surface area contributed by atoms with Crippen LogP contribution in [0.25, 0.3) is 0 Å². The van der Waals surface area contributed by atoms with Gasteiger partial charge in [-0.3, -0.25) is 9.69 Å². The molecule has 1 aliphatic heterocycles. The summed E-state index contributed by atoms with van der Waals surface area (Å²) in [6.07, 6.45) is 8.73. The van der Waals surface area contributed by atoms with Gasteiger partial charge in [-0.05, 0) is 56.5 Å². The number of carbonyl (C=O) groups excluding carboxylic acids is 1. The van der Waals surface area contributed by atoms with Gasteiger partial charge in [-0.15, -0.1) is 0 Å². The fraction of sp³-hybridized carbons (Fsp3) is 0.611. The first-order valence-electron chi connectivity index (χ1n) is 8.43. The Kier molecular flexibility index (Phi) is 4.91. The van der Waals surface area contributed by atoms with Crippen molar-refractivity contribution in [1.29, 1.82) is 0 Å². The molecule has 0 atom stereocenters. The van der Waals surface area contributed by atoms with Gasteiger partial charge in [0.1, 0.15) is 0 Å². The summed E-state index contributed by atoms with van der Waals surface area (Å²) in [6, 6.07) is 8.55. The average Bonchev–Trinajstić information content (AvgIpc) is 3.02. The molecule has 0 unspecified atom stereocenters. The summed E-state index contributed by atoms with van der Waals surface area (Å²) in [4.78, 5) is 14.7. The Bertz CT molecular complexity index is 457. The average molecular weight is 286 g/mol. The maximum absolute atomic E-state index is 12.2. The van der Waals surface area contributed by atoms with Gasteiger partial charge >= 0.3 is 0 Å². The van der Waals surface area contributed by atoms with Gasteiger partial charge in [-0.1, -0.05) is 31.4 Å². The van der Waals surface area contributed by atoms with E-state index in [9.17, 15) is 4.79 Å². The van der Waals surface area contributed by atoms with Gasteiger partial charge in [0.25, 0.3) is 5.91 Å². The number of hydrogen-bond acceptors (Lipinski definition) is 2. The molecule has 1 aliphatic carbocycles. The number of nitrogens with zero attached hydrogens (tertiary/aromatic N) is 1. The normalized spacial score (nSPS) is 20.6. The van der Waals surface area contributed by atoms with Crippen molar-refractivity contribution in [2.45, 2.75) is 57.5 Å². The molecule has 21 heavy (non-hydrogen) atoms. The monoisotopic (exact) mass is 286 g/mol. The molecular formula is C18H26N2O. The number of rotatable bonds is 4. The number of benzene rings is 1. The smallest absolute Gasteiger partial charge is 0.251 e. The van der Waals surface area contributed by atoms with E-state index in [0.29, 0.717) is 6.04 Å². The van der Waals surface area contributed by atoms with Gasteiger partial charge in [0.05, 0.1) is 0 Å². The summed E-state index contributed by atoms with van der Waals surface area (Å²) in [5.41, 5.74) is 2.11. The lowest BCUT2D eigenvalue weighted by Crippen LogP contribution is -2.36. The standard InChI is InChI=1S/C18H26N2O/c21-18(19-17-6-2-1-3-7-17)16-10-8-15(9-11-16)14-20-12-4-5-13-20/h8-11,17H,1-7,12-14H2,(H,19,21). The van der Waals surface area contributed by atoms with Crippen molar-refractivity contribution in [1.82, 2.24) is 10.2 Å². The molecule has 1 N–H and O–H groups in total. The summed E-state index contributed by atoms with van der Waals surface area (Å²) < 4.78 is 0. The molecule has 3 rings (SSSR count). The molecule has 3 heteroatoms. The fourth-order valence-corrected chi connectivity index (χ4v) is 3.48. The predicted octanol–water partition coefficient (Wildman–Crippen LogP) is 3.34. The molecule has 2 fully saturated rings. The lowest BCUT2D eigenvalue weighted by Gasteiger charge is -2.22. The maximum atomic E-state index is 12.2. The predicted molar refractivity (Wildman–Crippen MR) is 85.3 cm³/mol. The van der Waals surface area contributed by atoms with Crippen molar-refractivity contribution < 1.29 is 4.79 Å². The highest BCUT2D eigenvalue weighted by Crippen LogP contribution is 2.18. The zero-order valence-corrected chi connectivity index (χ0v) is 12.8. The first-order chi connectivity index (χ1) is 10.3. The lowest BCUT2D eigenvalue weighted by molar-refractivity contribution is 0.0927. The molecule has 0 spiro atoms. The minimum atomic E-state index is 0.0922. The van der Waals surface area contributed by atoms with Crippen LogP contribution in [0.15, 0.2) is 24.3 Å². The van der Waals surface area contributed by atoms with Gasteiger partial charge in [-0.25, -0.2) is 0 Å². The molecule has 0 aromatic heterocycles. The van der Waals surface area contributed by atoms with Crippen LogP contribution in [-0.4, -0.2) is 29.9 Å². The zero-order chi connectivity index (χ0) is 14.5. The molecule has 1 saturated heterocycles. The highest BCUT2D eigenvalue weighted by Gasteiger charge is 2.17. The fourth-order valence-electron chi connectivity index (χ4n) is 3.48. The quantitative estimate of drug-likeness (QED) is 0.920. The van der Waals surface area contributed by atoms with E-state index in [1.807, 2.05) is 12.1 Å². The lowest BCUT2D eigenvalue weighted by atomic mass is 9.95. The van der Waals surface area contributed by atoms with Crippen LogP contribution in [0.3, 0.4) is 0 Å². The molecule has 3 nitrogen and oxygen atoms in total. The van der Waals surface area contributed by atoms with E-state index in [-0.39, 0.29) is 5.91 Å². The third-order valence-corrected chi connectivity index (χ3v) is 4.76. The number of likely N-dealkylation sites (tertiary alicyclic amines) is 1. The Hall–Kier alpha value is -1.35. The largest absolute Gasteiger partial charge is 0.349 e. The van der Waals surface area contributed by atoms with Crippen LogP contribution in [0, 0.1) is 0 Å². The SMILES string of the molecule is O=C(NC1CCCCC1)c1ccc(CN2CCCC2)cc1. The molecule has 1 amide bonds. The van der Waals surface area contributed by atoms with Gasteiger partial charge < -0.3 is 5.32 Å². The third-order valence-electron chi connectivity index (χ3n) is 4.76. The molecule has 2 aliphatic rings. The number of nitrogens with one attached hydrogen (secondary N) is 1. The molecule has 1 heterocycles. The first kappa shape index (κ1) is 14.6. The molecule has 1 aromatic carbocycles. The second kappa shape index (κ2) is 7.08. The Morgan fingerprint density at radius 2 is 1.67 bits per heavy atom. The van der Waals surface area contributed by atoms with Crippen molar-refractivity contribution in [2.75, 3.05) is 13.1 Å². The Labute approximate surface area is 127 Å². The Morgan fingerprint density at radius 1 is 1.00 bits per heavy atom. The van der Waals surface area contributed by atoms with Crippen LogP contribution in [0.4, 0.5) is 0 Å². The van der Waals surface area contributed by atoms with Crippen LogP contribution < -0.4 is 5.32 Å². The Morgan fingerprint density at radius 3 is 2.33 bits per heavy atom. The topological polar surface area (TPSA) is 32.3 Å². The van der Waals surface area contributed by atoms with Gasteiger partial charge in [0.15, 0.2) is 0 Å². The van der Waals surface area contributed by atoms with E-state index >= 15 is 0 Å². The highest BCUT2D eigenvalue weighted by molar-refractivity contribution is 5.94. The molecular weight excluding hydrogens is 260 g/mol. The molecule has 1 saturated carbocycles. The summed E-state index contributed by atoms with van der Waals surface area (Å²) >= 11 is 0. The molecule has 0 radical (unpaired) electrons. The first-order valence-corrected chi connectivity index (χ1v) is 8.43. The van der Waals surface area contributed by atoms with E-state index in [1.165, 1.54) is 50.8 Å². The van der Waals surface area contributed by atoms with E-state index < -0.39 is 0 Å².